The van der Waals surface area contributed by atoms with Crippen LogP contribution in [0.5, 0.6) is 0 Å². The number of halogens is 1. The average molecular weight is 235 g/mol. The Balaban J connectivity index is 1.93. The van der Waals surface area contributed by atoms with Crippen molar-refractivity contribution >= 4 is 0 Å². The highest BCUT2D eigenvalue weighted by Gasteiger charge is 2.22. The molecule has 1 fully saturated rings. The fraction of sp³-hybridized carbons (Fsp3) is 0.600. The highest BCUT2D eigenvalue weighted by Crippen LogP contribution is 2.23. The van der Waals surface area contributed by atoms with Gasteiger partial charge in [-0.05, 0) is 50.8 Å². The number of alkyl halides is 1. The zero-order valence-corrected chi connectivity index (χ0v) is 10.6. The molecule has 2 rings (SSSR count). The number of aryl methyl sites for hydroxylation is 1. The van der Waals surface area contributed by atoms with E-state index in [9.17, 15) is 4.39 Å². The van der Waals surface area contributed by atoms with E-state index in [-0.39, 0.29) is 5.92 Å². The van der Waals surface area contributed by atoms with Crippen molar-refractivity contribution in [2.45, 2.75) is 38.8 Å². The highest BCUT2D eigenvalue weighted by atomic mass is 19.1. The Morgan fingerprint density at radius 3 is 3.06 bits per heavy atom. The molecule has 1 aromatic carbocycles. The molecule has 2 atom stereocenters. The van der Waals surface area contributed by atoms with Crippen LogP contribution >= 0.6 is 0 Å². The van der Waals surface area contributed by atoms with Gasteiger partial charge in [-0.15, -0.1) is 0 Å². The molecule has 0 aliphatic carbocycles. The largest absolute Gasteiger partial charge is 0.317 e. The Labute approximate surface area is 103 Å². The summed E-state index contributed by atoms with van der Waals surface area (Å²) in [7, 11) is 0. The van der Waals surface area contributed by atoms with Gasteiger partial charge in [0.25, 0.3) is 0 Å². The SMILES string of the molecule is Cc1cccc(CC(F)C2CCCNCC2)c1. The molecule has 0 bridgehead atoms. The van der Waals surface area contributed by atoms with Gasteiger partial charge in [0.15, 0.2) is 0 Å². The molecule has 0 spiro atoms. The van der Waals surface area contributed by atoms with Crippen LogP contribution in [0.15, 0.2) is 24.3 Å². The molecule has 2 heteroatoms. The number of nitrogens with one attached hydrogen (secondary N) is 1. The molecule has 0 radical (unpaired) electrons. The molecule has 1 nitrogen and oxygen atoms in total. The predicted octanol–water partition coefficient (Wildman–Crippen LogP) is 3.27. The lowest BCUT2D eigenvalue weighted by Gasteiger charge is -2.19. The van der Waals surface area contributed by atoms with E-state index in [4.69, 9.17) is 0 Å². The summed E-state index contributed by atoms with van der Waals surface area (Å²) in [5.41, 5.74) is 2.35. The molecule has 1 aromatic rings. The third-order valence-corrected chi connectivity index (χ3v) is 3.65. The van der Waals surface area contributed by atoms with Gasteiger partial charge in [0, 0.05) is 6.42 Å². The van der Waals surface area contributed by atoms with Crippen LogP contribution in [0.25, 0.3) is 0 Å². The van der Waals surface area contributed by atoms with E-state index in [2.05, 4.69) is 24.4 Å². The van der Waals surface area contributed by atoms with Crippen molar-refractivity contribution in [3.05, 3.63) is 35.4 Å². The van der Waals surface area contributed by atoms with Crippen LogP contribution in [0.4, 0.5) is 4.39 Å². The predicted molar refractivity (Wildman–Crippen MR) is 70.0 cm³/mol. The Hall–Kier alpha value is -0.890. The highest BCUT2D eigenvalue weighted by molar-refractivity contribution is 5.22. The van der Waals surface area contributed by atoms with Crippen LogP contribution in [0.2, 0.25) is 0 Å². The standard InChI is InChI=1S/C15H22FN/c1-12-4-2-5-13(10-12)11-15(16)14-6-3-8-17-9-7-14/h2,4-5,10,14-15,17H,3,6-9,11H2,1H3. The summed E-state index contributed by atoms with van der Waals surface area (Å²) < 4.78 is 14.3. The lowest BCUT2D eigenvalue weighted by atomic mass is 9.91. The van der Waals surface area contributed by atoms with Crippen LogP contribution in [0, 0.1) is 12.8 Å². The molecule has 0 amide bonds. The maximum atomic E-state index is 14.3. The van der Waals surface area contributed by atoms with Crippen LogP contribution < -0.4 is 5.32 Å². The fourth-order valence-electron chi connectivity index (χ4n) is 2.64. The first kappa shape index (κ1) is 12.6. The fourth-order valence-corrected chi connectivity index (χ4v) is 2.64. The van der Waals surface area contributed by atoms with Crippen LogP contribution in [-0.2, 0) is 6.42 Å². The van der Waals surface area contributed by atoms with E-state index >= 15 is 0 Å². The van der Waals surface area contributed by atoms with Gasteiger partial charge in [-0.3, -0.25) is 0 Å². The number of hydrogen-bond donors (Lipinski definition) is 1. The van der Waals surface area contributed by atoms with Gasteiger partial charge in [0.2, 0.25) is 0 Å². The van der Waals surface area contributed by atoms with Crippen molar-refractivity contribution in [2.75, 3.05) is 13.1 Å². The van der Waals surface area contributed by atoms with E-state index in [1.165, 1.54) is 5.56 Å². The third kappa shape index (κ3) is 3.81. The van der Waals surface area contributed by atoms with E-state index in [1.54, 1.807) is 0 Å². The normalized spacial score (nSPS) is 23.1. The molecule has 17 heavy (non-hydrogen) atoms. The van der Waals surface area contributed by atoms with Gasteiger partial charge in [0.05, 0.1) is 0 Å². The van der Waals surface area contributed by atoms with Crippen molar-refractivity contribution in [3.8, 4) is 0 Å². The van der Waals surface area contributed by atoms with E-state index in [1.807, 2.05) is 12.1 Å². The molecular weight excluding hydrogens is 213 g/mol. The van der Waals surface area contributed by atoms with Gasteiger partial charge in [-0.25, -0.2) is 4.39 Å². The quantitative estimate of drug-likeness (QED) is 0.848. The molecule has 1 aliphatic heterocycles. The van der Waals surface area contributed by atoms with Crippen molar-refractivity contribution in [2.24, 2.45) is 5.92 Å². The van der Waals surface area contributed by atoms with E-state index in [0.717, 1.165) is 37.9 Å². The van der Waals surface area contributed by atoms with Gasteiger partial charge >= 0.3 is 0 Å². The maximum Gasteiger partial charge on any atom is 0.107 e. The second kappa shape index (κ2) is 6.15. The molecular formula is C15H22FN. The average Bonchev–Trinajstić information content (AvgIpc) is 2.57. The van der Waals surface area contributed by atoms with Crippen LogP contribution in [0.3, 0.4) is 0 Å². The zero-order valence-electron chi connectivity index (χ0n) is 10.6. The Bertz CT molecular complexity index is 343. The minimum Gasteiger partial charge on any atom is -0.317 e. The van der Waals surface area contributed by atoms with Crippen LogP contribution in [-0.4, -0.2) is 19.3 Å². The van der Waals surface area contributed by atoms with Crippen molar-refractivity contribution < 1.29 is 4.39 Å². The third-order valence-electron chi connectivity index (χ3n) is 3.65. The minimum absolute atomic E-state index is 0.241. The van der Waals surface area contributed by atoms with Crippen molar-refractivity contribution in [1.82, 2.24) is 5.32 Å². The first-order valence-corrected chi connectivity index (χ1v) is 6.66. The summed E-state index contributed by atoms with van der Waals surface area (Å²) in [6.45, 7) is 4.08. The molecule has 0 saturated carbocycles. The summed E-state index contributed by atoms with van der Waals surface area (Å²) in [6, 6.07) is 8.22. The number of benzene rings is 1. The Morgan fingerprint density at radius 1 is 1.35 bits per heavy atom. The minimum atomic E-state index is -0.684. The number of hydrogen-bond acceptors (Lipinski definition) is 1. The van der Waals surface area contributed by atoms with E-state index in [0.29, 0.717) is 6.42 Å². The summed E-state index contributed by atoms with van der Waals surface area (Å²) in [5.74, 6) is 0.241. The van der Waals surface area contributed by atoms with Crippen molar-refractivity contribution in [1.29, 1.82) is 0 Å². The molecule has 1 N–H and O–H groups in total. The van der Waals surface area contributed by atoms with E-state index < -0.39 is 6.17 Å². The summed E-state index contributed by atoms with van der Waals surface area (Å²) in [4.78, 5) is 0. The Morgan fingerprint density at radius 2 is 2.24 bits per heavy atom. The second-order valence-electron chi connectivity index (χ2n) is 5.15. The van der Waals surface area contributed by atoms with Gasteiger partial charge < -0.3 is 5.32 Å². The first-order valence-electron chi connectivity index (χ1n) is 6.66. The van der Waals surface area contributed by atoms with Crippen molar-refractivity contribution in [3.63, 3.8) is 0 Å². The zero-order chi connectivity index (χ0) is 12.1. The second-order valence-corrected chi connectivity index (χ2v) is 5.15. The molecule has 2 unspecified atom stereocenters. The molecule has 1 saturated heterocycles. The van der Waals surface area contributed by atoms with Crippen LogP contribution in [0.1, 0.15) is 30.4 Å². The van der Waals surface area contributed by atoms with Gasteiger partial charge in [-0.2, -0.15) is 0 Å². The molecule has 0 aromatic heterocycles. The first-order chi connectivity index (χ1) is 8.25. The Kier molecular flexibility index (Phi) is 4.55. The lowest BCUT2D eigenvalue weighted by molar-refractivity contribution is 0.210. The molecule has 1 heterocycles. The lowest BCUT2D eigenvalue weighted by Crippen LogP contribution is -2.20. The summed E-state index contributed by atoms with van der Waals surface area (Å²) in [5, 5.41) is 3.34. The monoisotopic (exact) mass is 235 g/mol. The van der Waals surface area contributed by atoms with Gasteiger partial charge in [0.1, 0.15) is 6.17 Å². The topological polar surface area (TPSA) is 12.0 Å². The maximum absolute atomic E-state index is 14.3. The summed E-state index contributed by atoms with van der Waals surface area (Å²) >= 11 is 0. The molecule has 1 aliphatic rings. The van der Waals surface area contributed by atoms with Gasteiger partial charge in [-0.1, -0.05) is 29.8 Å². The number of rotatable bonds is 3. The summed E-state index contributed by atoms with van der Waals surface area (Å²) in [6.07, 6.45) is 3.01. The molecule has 94 valence electrons. The smallest absolute Gasteiger partial charge is 0.107 e.